The molecule has 3 N–H and O–H groups in total. The van der Waals surface area contributed by atoms with Crippen LogP contribution in [0.15, 0.2) is 24.3 Å². The van der Waals surface area contributed by atoms with Crippen molar-refractivity contribution in [1.29, 1.82) is 0 Å². The molecule has 1 aliphatic carbocycles. The molecule has 122 valence electrons. The lowest BCUT2D eigenvalue weighted by atomic mass is 10.1. The van der Waals surface area contributed by atoms with Crippen LogP contribution in [0.25, 0.3) is 0 Å². The summed E-state index contributed by atoms with van der Waals surface area (Å²) in [6.45, 7) is 3.00. The first kappa shape index (κ1) is 16.8. The van der Waals surface area contributed by atoms with E-state index >= 15 is 0 Å². The fourth-order valence-corrected chi connectivity index (χ4v) is 2.83. The molecule has 2 rings (SSSR count). The van der Waals surface area contributed by atoms with E-state index in [1.54, 1.807) is 18.2 Å². The Morgan fingerprint density at radius 3 is 2.64 bits per heavy atom. The molecule has 0 radical (unpaired) electrons. The van der Waals surface area contributed by atoms with Crippen LogP contribution >= 0.6 is 0 Å². The molecule has 1 aromatic rings. The Hall–Kier alpha value is -1.60. The number of benzene rings is 1. The average molecular weight is 325 g/mol. The van der Waals surface area contributed by atoms with Gasteiger partial charge in [-0.15, -0.1) is 0 Å². The summed E-state index contributed by atoms with van der Waals surface area (Å²) in [6.07, 6.45) is 3.60. The molecule has 0 bridgehead atoms. The molecular weight excluding hydrogens is 302 g/mol. The van der Waals surface area contributed by atoms with Gasteiger partial charge in [-0.1, -0.05) is 18.2 Å². The van der Waals surface area contributed by atoms with Crippen molar-refractivity contribution in [1.82, 2.24) is 10.6 Å². The highest BCUT2D eigenvalue weighted by molar-refractivity contribution is 7.92. The molecule has 0 heterocycles. The number of para-hydroxylation sites is 1. The number of anilines is 1. The van der Waals surface area contributed by atoms with Crippen LogP contribution in [-0.4, -0.2) is 33.7 Å². The number of carbonyl (C=O) groups is 1. The van der Waals surface area contributed by atoms with Crippen LogP contribution in [0.3, 0.4) is 0 Å². The van der Waals surface area contributed by atoms with Gasteiger partial charge in [-0.2, -0.15) is 0 Å². The first-order valence-corrected chi connectivity index (χ1v) is 9.31. The minimum Gasteiger partial charge on any atom is -0.348 e. The summed E-state index contributed by atoms with van der Waals surface area (Å²) in [5, 5.41) is 6.01. The highest BCUT2D eigenvalue weighted by Crippen LogP contribution is 2.27. The van der Waals surface area contributed by atoms with Gasteiger partial charge in [0.15, 0.2) is 0 Å². The van der Waals surface area contributed by atoms with E-state index in [1.165, 1.54) is 12.8 Å². The van der Waals surface area contributed by atoms with Crippen LogP contribution < -0.4 is 15.4 Å². The van der Waals surface area contributed by atoms with Gasteiger partial charge in [-0.05, 0) is 43.9 Å². The zero-order valence-electron chi connectivity index (χ0n) is 12.9. The molecular formula is C15H23N3O3S. The van der Waals surface area contributed by atoms with Crippen molar-refractivity contribution in [3.05, 3.63) is 29.8 Å². The predicted octanol–water partition coefficient (Wildman–Crippen LogP) is 1.23. The van der Waals surface area contributed by atoms with Gasteiger partial charge in [-0.3, -0.25) is 9.52 Å². The third kappa shape index (κ3) is 5.65. The average Bonchev–Trinajstić information content (AvgIpc) is 3.21. The molecule has 1 aromatic carbocycles. The number of nitrogens with one attached hydrogen (secondary N) is 3. The lowest BCUT2D eigenvalue weighted by molar-refractivity contribution is -0.120. The van der Waals surface area contributed by atoms with E-state index in [0.717, 1.165) is 24.3 Å². The molecule has 1 atom stereocenters. The Kier molecular flexibility index (Phi) is 5.42. The summed E-state index contributed by atoms with van der Waals surface area (Å²) >= 11 is 0. The van der Waals surface area contributed by atoms with E-state index in [9.17, 15) is 13.2 Å². The molecule has 1 aliphatic rings. The number of hydrogen-bond acceptors (Lipinski definition) is 4. The van der Waals surface area contributed by atoms with Crippen LogP contribution in [0.2, 0.25) is 0 Å². The molecule has 0 spiro atoms. The van der Waals surface area contributed by atoms with Crippen LogP contribution in [-0.2, 0) is 14.8 Å². The monoisotopic (exact) mass is 325 g/mol. The Balaban J connectivity index is 1.93. The van der Waals surface area contributed by atoms with Gasteiger partial charge in [0.2, 0.25) is 15.9 Å². The molecule has 0 aromatic heterocycles. The van der Waals surface area contributed by atoms with Crippen molar-refractivity contribution < 1.29 is 13.2 Å². The maximum atomic E-state index is 11.9. The van der Waals surface area contributed by atoms with E-state index in [4.69, 9.17) is 0 Å². The Bertz CT molecular complexity index is 627. The van der Waals surface area contributed by atoms with Crippen molar-refractivity contribution in [3.8, 4) is 0 Å². The van der Waals surface area contributed by atoms with Gasteiger partial charge in [0.25, 0.3) is 0 Å². The topological polar surface area (TPSA) is 87.3 Å². The zero-order chi connectivity index (χ0) is 16.2. The third-order valence-corrected chi connectivity index (χ3v) is 4.11. The van der Waals surface area contributed by atoms with E-state index in [1.807, 2.05) is 13.0 Å². The molecule has 0 saturated heterocycles. The third-order valence-electron chi connectivity index (χ3n) is 3.52. The van der Waals surface area contributed by atoms with Crippen molar-refractivity contribution >= 4 is 21.6 Å². The molecule has 1 saturated carbocycles. The molecule has 1 fully saturated rings. The second-order valence-corrected chi connectivity index (χ2v) is 7.57. The standard InChI is InChI=1S/C15H23N3O3S/c1-11(17-15(19)10-16-9-12-7-8-12)13-5-3-4-6-14(13)18-22(2,20)21/h3-6,11-12,16,18H,7-10H2,1-2H3,(H,17,19). The summed E-state index contributed by atoms with van der Waals surface area (Å²) in [5.41, 5.74) is 1.23. The van der Waals surface area contributed by atoms with Crippen molar-refractivity contribution in [2.45, 2.75) is 25.8 Å². The highest BCUT2D eigenvalue weighted by atomic mass is 32.2. The lowest BCUT2D eigenvalue weighted by Gasteiger charge is -2.18. The fourth-order valence-electron chi connectivity index (χ4n) is 2.25. The Morgan fingerprint density at radius 2 is 2.00 bits per heavy atom. The summed E-state index contributed by atoms with van der Waals surface area (Å²) in [6, 6.07) is 6.78. The summed E-state index contributed by atoms with van der Waals surface area (Å²) in [5.74, 6) is 0.632. The minimum absolute atomic E-state index is 0.0951. The van der Waals surface area contributed by atoms with Crippen LogP contribution in [0, 0.1) is 5.92 Å². The number of carbonyl (C=O) groups excluding carboxylic acids is 1. The van der Waals surface area contributed by atoms with Crippen LogP contribution in [0.1, 0.15) is 31.4 Å². The van der Waals surface area contributed by atoms with E-state index in [-0.39, 0.29) is 18.5 Å². The molecule has 6 nitrogen and oxygen atoms in total. The molecule has 0 aliphatic heterocycles. The summed E-state index contributed by atoms with van der Waals surface area (Å²) < 4.78 is 25.3. The van der Waals surface area contributed by atoms with E-state index in [0.29, 0.717) is 5.69 Å². The molecule has 22 heavy (non-hydrogen) atoms. The SMILES string of the molecule is CC(NC(=O)CNCC1CC1)c1ccccc1NS(C)(=O)=O. The predicted molar refractivity (Wildman–Crippen MR) is 87.1 cm³/mol. The lowest BCUT2D eigenvalue weighted by Crippen LogP contribution is -2.36. The second-order valence-electron chi connectivity index (χ2n) is 5.82. The number of hydrogen-bond donors (Lipinski definition) is 3. The molecule has 1 amide bonds. The smallest absolute Gasteiger partial charge is 0.234 e. The highest BCUT2D eigenvalue weighted by Gasteiger charge is 2.21. The van der Waals surface area contributed by atoms with E-state index in [2.05, 4.69) is 15.4 Å². The van der Waals surface area contributed by atoms with Gasteiger partial charge in [0.05, 0.1) is 24.5 Å². The number of rotatable bonds is 8. The van der Waals surface area contributed by atoms with E-state index < -0.39 is 10.0 Å². The van der Waals surface area contributed by atoms with Crippen LogP contribution in [0.5, 0.6) is 0 Å². The van der Waals surface area contributed by atoms with Crippen molar-refractivity contribution in [2.75, 3.05) is 24.1 Å². The van der Waals surface area contributed by atoms with Crippen molar-refractivity contribution in [3.63, 3.8) is 0 Å². The fraction of sp³-hybridized carbons (Fsp3) is 0.533. The first-order chi connectivity index (χ1) is 10.3. The number of sulfonamides is 1. The summed E-state index contributed by atoms with van der Waals surface area (Å²) in [4.78, 5) is 11.9. The molecule has 1 unspecified atom stereocenters. The van der Waals surface area contributed by atoms with Gasteiger partial charge in [-0.25, -0.2) is 8.42 Å². The Morgan fingerprint density at radius 1 is 1.32 bits per heavy atom. The van der Waals surface area contributed by atoms with Crippen molar-refractivity contribution in [2.24, 2.45) is 5.92 Å². The van der Waals surface area contributed by atoms with Crippen LogP contribution in [0.4, 0.5) is 5.69 Å². The van der Waals surface area contributed by atoms with Gasteiger partial charge >= 0.3 is 0 Å². The maximum Gasteiger partial charge on any atom is 0.234 e. The quantitative estimate of drug-likeness (QED) is 0.671. The molecule has 7 heteroatoms. The summed E-state index contributed by atoms with van der Waals surface area (Å²) in [7, 11) is -3.35. The first-order valence-electron chi connectivity index (χ1n) is 7.42. The van der Waals surface area contributed by atoms with Gasteiger partial charge in [0.1, 0.15) is 0 Å². The number of amides is 1. The maximum absolute atomic E-state index is 11.9. The van der Waals surface area contributed by atoms with Gasteiger partial charge < -0.3 is 10.6 Å². The second kappa shape index (κ2) is 7.11. The zero-order valence-corrected chi connectivity index (χ0v) is 13.7. The normalized spacial score (nSPS) is 16.1. The minimum atomic E-state index is -3.35. The largest absolute Gasteiger partial charge is 0.348 e. The van der Waals surface area contributed by atoms with Gasteiger partial charge in [0, 0.05) is 0 Å². The Labute approximate surface area is 131 Å².